The van der Waals surface area contributed by atoms with Crippen molar-refractivity contribution in [1.29, 1.82) is 0 Å². The van der Waals surface area contributed by atoms with E-state index < -0.39 is 0 Å². The molecule has 1 saturated heterocycles. The SMILES string of the molecule is COc1ccc2cc([C@H](C)C(=O)Nc3cccc(N4CCNC4=O)c3)ccc2c1. The van der Waals surface area contributed by atoms with Gasteiger partial charge in [0.2, 0.25) is 5.91 Å². The summed E-state index contributed by atoms with van der Waals surface area (Å²) in [5.74, 6) is 0.392. The molecule has 29 heavy (non-hydrogen) atoms. The zero-order valence-corrected chi connectivity index (χ0v) is 16.4. The van der Waals surface area contributed by atoms with E-state index in [1.54, 1.807) is 12.0 Å². The number of amides is 3. The molecule has 1 heterocycles. The van der Waals surface area contributed by atoms with Crippen LogP contribution >= 0.6 is 0 Å². The summed E-state index contributed by atoms with van der Waals surface area (Å²) in [6.45, 7) is 3.13. The van der Waals surface area contributed by atoms with Gasteiger partial charge in [-0.25, -0.2) is 4.79 Å². The van der Waals surface area contributed by atoms with Gasteiger partial charge in [0.15, 0.2) is 0 Å². The standard InChI is InChI=1S/C23H23N3O3/c1-15(16-6-7-18-13-21(29-2)9-8-17(18)12-16)22(27)25-19-4-3-5-20(14-19)26-11-10-24-23(26)28/h3-9,12-15H,10-11H2,1-2H3,(H,24,28)(H,25,27)/t15-/m0/s1. The molecule has 0 saturated carbocycles. The average molecular weight is 389 g/mol. The van der Waals surface area contributed by atoms with Crippen molar-refractivity contribution in [2.24, 2.45) is 0 Å². The predicted octanol–water partition coefficient (Wildman–Crippen LogP) is 4.12. The molecular weight excluding hydrogens is 366 g/mol. The Kier molecular flexibility index (Phi) is 5.08. The first-order chi connectivity index (χ1) is 14.0. The number of ether oxygens (including phenoxy) is 1. The summed E-state index contributed by atoms with van der Waals surface area (Å²) >= 11 is 0. The van der Waals surface area contributed by atoms with Crippen LogP contribution in [-0.4, -0.2) is 32.1 Å². The number of benzene rings is 3. The van der Waals surface area contributed by atoms with E-state index >= 15 is 0 Å². The molecule has 0 aromatic heterocycles. The minimum Gasteiger partial charge on any atom is -0.497 e. The van der Waals surface area contributed by atoms with Crippen molar-refractivity contribution in [3.05, 3.63) is 66.2 Å². The zero-order valence-electron chi connectivity index (χ0n) is 16.4. The largest absolute Gasteiger partial charge is 0.497 e. The lowest BCUT2D eigenvalue weighted by Gasteiger charge is -2.17. The van der Waals surface area contributed by atoms with Gasteiger partial charge in [0.05, 0.1) is 13.0 Å². The Morgan fingerprint density at radius 2 is 1.90 bits per heavy atom. The molecule has 1 fully saturated rings. The van der Waals surface area contributed by atoms with Crippen LogP contribution in [0.5, 0.6) is 5.75 Å². The molecule has 1 atom stereocenters. The molecule has 3 aromatic carbocycles. The van der Waals surface area contributed by atoms with Gasteiger partial charge < -0.3 is 15.4 Å². The van der Waals surface area contributed by atoms with E-state index in [1.165, 1.54) is 0 Å². The minimum atomic E-state index is -0.319. The smallest absolute Gasteiger partial charge is 0.321 e. The fraction of sp³-hybridized carbons (Fsp3) is 0.217. The number of anilines is 2. The van der Waals surface area contributed by atoms with Crippen molar-refractivity contribution in [2.45, 2.75) is 12.8 Å². The molecule has 6 nitrogen and oxygen atoms in total. The van der Waals surface area contributed by atoms with Crippen LogP contribution < -0.4 is 20.3 Å². The Morgan fingerprint density at radius 3 is 2.66 bits per heavy atom. The summed E-state index contributed by atoms with van der Waals surface area (Å²) in [5.41, 5.74) is 2.38. The molecule has 0 bridgehead atoms. The fourth-order valence-corrected chi connectivity index (χ4v) is 3.51. The number of rotatable bonds is 5. The molecule has 3 aromatic rings. The van der Waals surface area contributed by atoms with Crippen LogP contribution in [0.15, 0.2) is 60.7 Å². The number of carbonyl (C=O) groups is 2. The fourth-order valence-electron chi connectivity index (χ4n) is 3.51. The molecule has 0 aliphatic carbocycles. The minimum absolute atomic E-state index is 0.0964. The lowest BCUT2D eigenvalue weighted by atomic mass is 9.97. The number of nitrogens with zero attached hydrogens (tertiary/aromatic N) is 1. The van der Waals surface area contributed by atoms with E-state index in [4.69, 9.17) is 4.74 Å². The van der Waals surface area contributed by atoms with Gasteiger partial charge in [-0.2, -0.15) is 0 Å². The molecule has 6 heteroatoms. The number of fused-ring (bicyclic) bond motifs is 1. The Hall–Kier alpha value is -3.54. The molecule has 148 valence electrons. The van der Waals surface area contributed by atoms with E-state index in [2.05, 4.69) is 10.6 Å². The first-order valence-corrected chi connectivity index (χ1v) is 9.59. The van der Waals surface area contributed by atoms with Crippen LogP contribution in [0.3, 0.4) is 0 Å². The maximum Gasteiger partial charge on any atom is 0.321 e. The highest BCUT2D eigenvalue weighted by Crippen LogP contribution is 2.27. The number of nitrogens with one attached hydrogen (secondary N) is 2. The molecule has 2 N–H and O–H groups in total. The second-order valence-corrected chi connectivity index (χ2v) is 7.12. The van der Waals surface area contributed by atoms with Gasteiger partial charge in [0.1, 0.15) is 5.75 Å². The Morgan fingerprint density at radius 1 is 1.10 bits per heavy atom. The van der Waals surface area contributed by atoms with E-state index in [9.17, 15) is 9.59 Å². The molecule has 0 unspecified atom stereocenters. The number of carbonyl (C=O) groups excluding carboxylic acids is 2. The van der Waals surface area contributed by atoms with Crippen molar-refractivity contribution in [3.63, 3.8) is 0 Å². The van der Waals surface area contributed by atoms with Crippen molar-refractivity contribution in [2.75, 3.05) is 30.4 Å². The highest BCUT2D eigenvalue weighted by molar-refractivity contribution is 5.98. The molecular formula is C23H23N3O3. The third-order valence-corrected chi connectivity index (χ3v) is 5.25. The van der Waals surface area contributed by atoms with Gasteiger partial charge in [-0.3, -0.25) is 9.69 Å². The van der Waals surface area contributed by atoms with Crippen LogP contribution in [0.4, 0.5) is 16.2 Å². The number of urea groups is 1. The molecule has 3 amide bonds. The van der Waals surface area contributed by atoms with Crippen molar-refractivity contribution >= 4 is 34.1 Å². The monoisotopic (exact) mass is 389 g/mol. The number of methoxy groups -OCH3 is 1. The maximum absolute atomic E-state index is 12.8. The second kappa shape index (κ2) is 7.83. The van der Waals surface area contributed by atoms with Gasteiger partial charge in [0, 0.05) is 24.5 Å². The second-order valence-electron chi connectivity index (χ2n) is 7.12. The van der Waals surface area contributed by atoms with E-state index in [0.717, 1.165) is 27.8 Å². The summed E-state index contributed by atoms with van der Waals surface area (Å²) in [6, 6.07) is 19.1. The highest BCUT2D eigenvalue weighted by Gasteiger charge is 2.22. The van der Waals surface area contributed by atoms with Gasteiger partial charge in [-0.15, -0.1) is 0 Å². The van der Waals surface area contributed by atoms with Gasteiger partial charge in [-0.1, -0.05) is 30.3 Å². The summed E-state index contributed by atoms with van der Waals surface area (Å²) in [5, 5.41) is 7.88. The molecule has 0 radical (unpaired) electrons. The van der Waals surface area contributed by atoms with Gasteiger partial charge >= 0.3 is 6.03 Å². The normalized spacial score (nSPS) is 14.6. The van der Waals surface area contributed by atoms with E-state index in [-0.39, 0.29) is 17.9 Å². The van der Waals surface area contributed by atoms with Gasteiger partial charge in [0.25, 0.3) is 0 Å². The number of hydrogen-bond acceptors (Lipinski definition) is 3. The zero-order chi connectivity index (χ0) is 20.4. The molecule has 0 spiro atoms. The third kappa shape index (κ3) is 3.87. The topological polar surface area (TPSA) is 70.7 Å². The summed E-state index contributed by atoms with van der Waals surface area (Å²) in [7, 11) is 1.65. The average Bonchev–Trinajstić information content (AvgIpc) is 3.18. The van der Waals surface area contributed by atoms with Crippen LogP contribution in [-0.2, 0) is 4.79 Å². The highest BCUT2D eigenvalue weighted by atomic mass is 16.5. The third-order valence-electron chi connectivity index (χ3n) is 5.25. The lowest BCUT2D eigenvalue weighted by Crippen LogP contribution is -2.27. The summed E-state index contributed by atoms with van der Waals surface area (Å²) in [4.78, 5) is 26.4. The van der Waals surface area contributed by atoms with Crippen LogP contribution in [0.1, 0.15) is 18.4 Å². The van der Waals surface area contributed by atoms with Crippen molar-refractivity contribution in [3.8, 4) is 5.75 Å². The first-order valence-electron chi connectivity index (χ1n) is 9.59. The summed E-state index contributed by atoms with van der Waals surface area (Å²) < 4.78 is 5.27. The Labute approximate surface area is 169 Å². The van der Waals surface area contributed by atoms with Crippen LogP contribution in [0.2, 0.25) is 0 Å². The van der Waals surface area contributed by atoms with Crippen molar-refractivity contribution in [1.82, 2.24) is 5.32 Å². The number of hydrogen-bond donors (Lipinski definition) is 2. The quantitative estimate of drug-likeness (QED) is 0.690. The molecule has 1 aliphatic rings. The van der Waals surface area contributed by atoms with Crippen LogP contribution in [0, 0.1) is 0 Å². The van der Waals surface area contributed by atoms with Gasteiger partial charge in [-0.05, 0) is 53.6 Å². The van der Waals surface area contributed by atoms with Crippen LogP contribution in [0.25, 0.3) is 10.8 Å². The lowest BCUT2D eigenvalue weighted by molar-refractivity contribution is -0.117. The molecule has 1 aliphatic heterocycles. The van der Waals surface area contributed by atoms with Crippen molar-refractivity contribution < 1.29 is 14.3 Å². The van der Waals surface area contributed by atoms with E-state index in [1.807, 2.05) is 67.6 Å². The summed E-state index contributed by atoms with van der Waals surface area (Å²) in [6.07, 6.45) is 0. The van der Waals surface area contributed by atoms with E-state index in [0.29, 0.717) is 18.8 Å². The first kappa shape index (κ1) is 18.8. The maximum atomic E-state index is 12.8. The predicted molar refractivity (Wildman–Crippen MR) is 115 cm³/mol. The Bertz CT molecular complexity index is 1080. The molecule has 4 rings (SSSR count). The Balaban J connectivity index is 1.51.